The predicted octanol–water partition coefficient (Wildman–Crippen LogP) is 2.61. The second-order valence-electron chi connectivity index (χ2n) is 6.29. The first kappa shape index (κ1) is 19.1. The third-order valence-electron chi connectivity index (χ3n) is 4.58. The number of guanidine groups is 1. The Bertz CT molecular complexity index is 466. The minimum atomic E-state index is 0.519. The summed E-state index contributed by atoms with van der Waals surface area (Å²) in [5, 5.41) is 10.6. The highest BCUT2D eigenvalue weighted by molar-refractivity contribution is 7.14. The molecule has 0 unspecified atom stereocenters. The van der Waals surface area contributed by atoms with E-state index in [1.165, 1.54) is 18.0 Å². The number of hydrogen-bond donors (Lipinski definition) is 2. The van der Waals surface area contributed by atoms with Gasteiger partial charge < -0.3 is 20.4 Å². The van der Waals surface area contributed by atoms with Crippen LogP contribution < -0.4 is 15.5 Å². The Morgan fingerprint density at radius 1 is 1.33 bits per heavy atom. The van der Waals surface area contributed by atoms with E-state index >= 15 is 0 Å². The maximum atomic E-state index is 4.38. The number of aliphatic imine (C=N–C) groups is 1. The molecule has 1 fully saturated rings. The fraction of sp³-hybridized carbons (Fsp3) is 0.722. The highest BCUT2D eigenvalue weighted by atomic mass is 32.1. The molecule has 0 bridgehead atoms. The first-order chi connectivity index (χ1) is 11.8. The summed E-state index contributed by atoms with van der Waals surface area (Å²) >= 11 is 1.83. The van der Waals surface area contributed by atoms with Gasteiger partial charge in [0.25, 0.3) is 0 Å². The molecule has 0 spiro atoms. The molecular formula is C18H33N5S. The molecule has 0 atom stereocenters. The van der Waals surface area contributed by atoms with Gasteiger partial charge in [-0.15, -0.1) is 11.3 Å². The van der Waals surface area contributed by atoms with E-state index < -0.39 is 0 Å². The molecule has 0 aromatic carbocycles. The second kappa shape index (κ2) is 10.6. The summed E-state index contributed by atoms with van der Waals surface area (Å²) in [5.41, 5.74) is 0. The molecule has 2 rings (SSSR count). The third-order valence-corrected chi connectivity index (χ3v) is 5.51. The smallest absolute Gasteiger partial charge is 0.191 e. The molecule has 0 amide bonds. The Hall–Kier alpha value is -1.27. The summed E-state index contributed by atoms with van der Waals surface area (Å²) in [5.74, 6) is 0.942. The van der Waals surface area contributed by atoms with Gasteiger partial charge in [0.2, 0.25) is 0 Å². The lowest BCUT2D eigenvalue weighted by atomic mass is 10.1. The van der Waals surface area contributed by atoms with Crippen molar-refractivity contribution in [3.8, 4) is 0 Å². The summed E-state index contributed by atoms with van der Waals surface area (Å²) in [4.78, 5) is 9.35. The van der Waals surface area contributed by atoms with Gasteiger partial charge in [0.15, 0.2) is 5.96 Å². The van der Waals surface area contributed by atoms with E-state index in [1.54, 1.807) is 0 Å². The van der Waals surface area contributed by atoms with E-state index in [1.807, 2.05) is 18.4 Å². The molecule has 1 aromatic heterocycles. The lowest BCUT2D eigenvalue weighted by molar-refractivity contribution is 0.292. The molecule has 6 heteroatoms. The maximum Gasteiger partial charge on any atom is 0.191 e. The predicted molar refractivity (Wildman–Crippen MR) is 106 cm³/mol. The Morgan fingerprint density at radius 3 is 2.71 bits per heavy atom. The van der Waals surface area contributed by atoms with E-state index in [2.05, 4.69) is 56.8 Å². The molecule has 1 aliphatic rings. The van der Waals surface area contributed by atoms with Crippen molar-refractivity contribution in [2.45, 2.75) is 39.2 Å². The number of hydrogen-bond acceptors (Lipinski definition) is 4. The van der Waals surface area contributed by atoms with Crippen LogP contribution in [0, 0.1) is 0 Å². The summed E-state index contributed by atoms with van der Waals surface area (Å²) in [6, 6.07) is 4.87. The van der Waals surface area contributed by atoms with Crippen molar-refractivity contribution < 1.29 is 0 Å². The average Bonchev–Trinajstić information content (AvgIpc) is 3.15. The zero-order valence-electron chi connectivity index (χ0n) is 15.4. The van der Waals surface area contributed by atoms with Crippen molar-refractivity contribution in [3.63, 3.8) is 0 Å². The van der Waals surface area contributed by atoms with E-state index in [4.69, 9.17) is 0 Å². The summed E-state index contributed by atoms with van der Waals surface area (Å²) in [6.45, 7) is 11.0. The fourth-order valence-corrected chi connectivity index (χ4v) is 3.94. The van der Waals surface area contributed by atoms with E-state index in [0.717, 1.165) is 51.5 Å². The maximum absolute atomic E-state index is 4.38. The van der Waals surface area contributed by atoms with Crippen LogP contribution in [0.4, 0.5) is 5.00 Å². The highest BCUT2D eigenvalue weighted by Crippen LogP contribution is 2.24. The van der Waals surface area contributed by atoms with Crippen molar-refractivity contribution in [1.82, 2.24) is 15.5 Å². The van der Waals surface area contributed by atoms with Gasteiger partial charge >= 0.3 is 0 Å². The van der Waals surface area contributed by atoms with Gasteiger partial charge in [-0.1, -0.05) is 13.8 Å². The zero-order chi connectivity index (χ0) is 17.2. The van der Waals surface area contributed by atoms with Crippen LogP contribution >= 0.6 is 11.3 Å². The van der Waals surface area contributed by atoms with E-state index in [0.29, 0.717) is 6.04 Å². The molecular weight excluding hydrogens is 318 g/mol. The highest BCUT2D eigenvalue weighted by Gasteiger charge is 2.20. The van der Waals surface area contributed by atoms with Gasteiger partial charge in [0.1, 0.15) is 0 Å². The van der Waals surface area contributed by atoms with Gasteiger partial charge in [-0.2, -0.15) is 0 Å². The van der Waals surface area contributed by atoms with E-state index in [-0.39, 0.29) is 0 Å². The zero-order valence-corrected chi connectivity index (χ0v) is 16.2. The molecule has 1 saturated heterocycles. The minimum absolute atomic E-state index is 0.519. The van der Waals surface area contributed by atoms with Crippen LogP contribution in [-0.2, 0) is 0 Å². The van der Waals surface area contributed by atoms with Crippen LogP contribution in [0.3, 0.4) is 0 Å². The quantitative estimate of drug-likeness (QED) is 0.558. The molecule has 2 heterocycles. The number of anilines is 1. The van der Waals surface area contributed by atoms with Gasteiger partial charge in [-0.05, 0) is 49.9 Å². The van der Waals surface area contributed by atoms with Crippen LogP contribution in [0.1, 0.15) is 33.1 Å². The van der Waals surface area contributed by atoms with Crippen LogP contribution in [-0.4, -0.2) is 63.2 Å². The van der Waals surface area contributed by atoms with Gasteiger partial charge in [0.05, 0.1) is 5.00 Å². The number of rotatable bonds is 8. The van der Waals surface area contributed by atoms with Crippen molar-refractivity contribution in [1.29, 1.82) is 0 Å². The molecule has 24 heavy (non-hydrogen) atoms. The fourth-order valence-electron chi connectivity index (χ4n) is 3.16. The number of piperidine rings is 1. The second-order valence-corrected chi connectivity index (χ2v) is 7.22. The largest absolute Gasteiger partial charge is 0.363 e. The Kier molecular flexibility index (Phi) is 8.39. The summed E-state index contributed by atoms with van der Waals surface area (Å²) < 4.78 is 0. The average molecular weight is 352 g/mol. The van der Waals surface area contributed by atoms with Crippen molar-refractivity contribution in [3.05, 3.63) is 17.5 Å². The molecule has 1 aliphatic heterocycles. The molecule has 136 valence electrons. The van der Waals surface area contributed by atoms with Gasteiger partial charge in [0, 0.05) is 39.3 Å². The molecule has 5 nitrogen and oxygen atoms in total. The van der Waals surface area contributed by atoms with E-state index in [9.17, 15) is 0 Å². The number of nitrogens with one attached hydrogen (secondary N) is 2. The van der Waals surface area contributed by atoms with Crippen LogP contribution in [0.5, 0.6) is 0 Å². The molecule has 0 aliphatic carbocycles. The molecule has 0 radical (unpaired) electrons. The lowest BCUT2D eigenvalue weighted by Crippen LogP contribution is -2.49. The number of thiophene rings is 1. The number of nitrogens with zero attached hydrogens (tertiary/aromatic N) is 3. The minimum Gasteiger partial charge on any atom is -0.363 e. The first-order valence-electron chi connectivity index (χ1n) is 9.24. The van der Waals surface area contributed by atoms with Crippen LogP contribution in [0.15, 0.2) is 22.5 Å². The normalized spacial score (nSPS) is 16.7. The van der Waals surface area contributed by atoms with Crippen molar-refractivity contribution in [2.75, 3.05) is 51.2 Å². The van der Waals surface area contributed by atoms with Crippen molar-refractivity contribution >= 4 is 22.3 Å². The summed E-state index contributed by atoms with van der Waals surface area (Å²) in [6.07, 6.45) is 3.54. The first-order valence-corrected chi connectivity index (χ1v) is 10.1. The van der Waals surface area contributed by atoms with Crippen LogP contribution in [0.25, 0.3) is 0 Å². The van der Waals surface area contributed by atoms with Crippen LogP contribution in [0.2, 0.25) is 0 Å². The topological polar surface area (TPSA) is 42.9 Å². The summed E-state index contributed by atoms with van der Waals surface area (Å²) in [7, 11) is 1.86. The van der Waals surface area contributed by atoms with Crippen molar-refractivity contribution in [2.24, 2.45) is 4.99 Å². The third kappa shape index (κ3) is 5.98. The Balaban J connectivity index is 1.68. The standard InChI is InChI=1S/C18H33N5S/c1-4-11-22(5-2)14-10-20-18(19-3)21-16-8-12-23(13-9-16)17-7-6-15-24-17/h6-7,15-16H,4-5,8-14H2,1-3H3,(H2,19,20,21). The molecule has 0 saturated carbocycles. The SMILES string of the molecule is CCCN(CC)CCNC(=NC)NC1CCN(c2cccs2)CC1. The Morgan fingerprint density at radius 2 is 2.12 bits per heavy atom. The monoisotopic (exact) mass is 351 g/mol. The molecule has 1 aromatic rings. The molecule has 2 N–H and O–H groups in total. The van der Waals surface area contributed by atoms with Gasteiger partial charge in [-0.3, -0.25) is 4.99 Å². The Labute approximate surface area is 151 Å². The number of likely N-dealkylation sites (N-methyl/N-ethyl adjacent to an activating group) is 1. The lowest BCUT2D eigenvalue weighted by Gasteiger charge is -2.33. The van der Waals surface area contributed by atoms with Gasteiger partial charge in [-0.25, -0.2) is 0 Å².